The van der Waals surface area contributed by atoms with Gasteiger partial charge in [-0.1, -0.05) is 15.9 Å². The summed E-state index contributed by atoms with van der Waals surface area (Å²) in [6.45, 7) is -1.48. The minimum Gasteiger partial charge on any atom is -0.468 e. The highest BCUT2D eigenvalue weighted by Crippen LogP contribution is 2.17. The number of hydrazine groups is 1. The van der Waals surface area contributed by atoms with E-state index in [1.165, 1.54) is 6.07 Å². The van der Waals surface area contributed by atoms with Crippen molar-refractivity contribution < 1.29 is 27.5 Å². The number of rotatable bonds is 4. The normalized spacial score (nSPS) is 10.9. The maximum atomic E-state index is 12.0. The van der Waals surface area contributed by atoms with Gasteiger partial charge in [-0.15, -0.1) is 0 Å². The molecule has 0 spiro atoms. The van der Waals surface area contributed by atoms with E-state index in [4.69, 9.17) is 0 Å². The van der Waals surface area contributed by atoms with Crippen LogP contribution in [0.2, 0.25) is 0 Å². The van der Waals surface area contributed by atoms with Crippen LogP contribution < -0.4 is 15.6 Å². The third kappa shape index (κ3) is 6.07. The van der Waals surface area contributed by atoms with Crippen molar-refractivity contribution in [3.05, 3.63) is 58.2 Å². The van der Waals surface area contributed by atoms with Gasteiger partial charge in [-0.2, -0.15) is 13.2 Å². The second kappa shape index (κ2) is 7.97. The third-order valence-corrected chi connectivity index (χ3v) is 3.31. The van der Waals surface area contributed by atoms with Crippen molar-refractivity contribution in [3.63, 3.8) is 0 Å². The molecular formula is C15H11BrF3N3O3. The van der Waals surface area contributed by atoms with Gasteiger partial charge in [-0.25, -0.2) is 4.98 Å². The van der Waals surface area contributed by atoms with Crippen LogP contribution in [0.4, 0.5) is 13.2 Å². The Bertz CT molecular complexity index is 749. The van der Waals surface area contributed by atoms with E-state index in [9.17, 15) is 22.8 Å². The fraction of sp³-hybridized carbons (Fsp3) is 0.133. The molecule has 1 heterocycles. The lowest BCUT2D eigenvalue weighted by Gasteiger charge is -2.09. The summed E-state index contributed by atoms with van der Waals surface area (Å²) in [6, 6.07) is 8.79. The van der Waals surface area contributed by atoms with Gasteiger partial charge in [0.05, 0.1) is 5.56 Å². The molecule has 10 heteroatoms. The summed E-state index contributed by atoms with van der Waals surface area (Å²) in [5.74, 6) is -1.48. The Kier molecular flexibility index (Phi) is 5.97. The molecule has 0 radical (unpaired) electrons. The smallest absolute Gasteiger partial charge is 0.422 e. The predicted molar refractivity (Wildman–Crippen MR) is 84.9 cm³/mol. The summed E-state index contributed by atoms with van der Waals surface area (Å²) in [4.78, 5) is 27.3. The van der Waals surface area contributed by atoms with Crippen LogP contribution in [0.3, 0.4) is 0 Å². The van der Waals surface area contributed by atoms with Crippen molar-refractivity contribution in [2.24, 2.45) is 0 Å². The van der Waals surface area contributed by atoms with Crippen LogP contribution in [-0.2, 0) is 0 Å². The number of benzene rings is 1. The van der Waals surface area contributed by atoms with E-state index in [0.29, 0.717) is 5.56 Å². The van der Waals surface area contributed by atoms with Crippen molar-refractivity contribution in [3.8, 4) is 5.88 Å². The van der Waals surface area contributed by atoms with Crippen LogP contribution >= 0.6 is 15.9 Å². The summed E-state index contributed by atoms with van der Waals surface area (Å²) in [5, 5.41) is 0. The van der Waals surface area contributed by atoms with Crippen molar-refractivity contribution in [2.75, 3.05) is 6.61 Å². The lowest BCUT2D eigenvalue weighted by molar-refractivity contribution is -0.154. The third-order valence-electron chi connectivity index (χ3n) is 2.78. The fourth-order valence-electron chi connectivity index (χ4n) is 1.61. The summed E-state index contributed by atoms with van der Waals surface area (Å²) in [6.07, 6.45) is -3.44. The molecular weight excluding hydrogens is 407 g/mol. The summed E-state index contributed by atoms with van der Waals surface area (Å²) < 4.78 is 41.3. The first-order valence-electron chi connectivity index (χ1n) is 6.76. The Morgan fingerprint density at radius 3 is 2.08 bits per heavy atom. The van der Waals surface area contributed by atoms with Crippen molar-refractivity contribution >= 4 is 27.7 Å². The molecule has 0 bridgehead atoms. The van der Waals surface area contributed by atoms with Crippen LogP contribution in [0.5, 0.6) is 5.88 Å². The topological polar surface area (TPSA) is 80.3 Å². The number of carbonyl (C=O) groups is 2. The highest BCUT2D eigenvalue weighted by Gasteiger charge is 2.28. The number of amides is 2. The molecule has 6 nitrogen and oxygen atoms in total. The largest absolute Gasteiger partial charge is 0.468 e. The van der Waals surface area contributed by atoms with Gasteiger partial charge in [0.25, 0.3) is 11.8 Å². The number of halogens is 4. The van der Waals surface area contributed by atoms with E-state index in [-0.39, 0.29) is 11.4 Å². The molecule has 0 aliphatic rings. The number of alkyl halides is 3. The number of carbonyl (C=O) groups excluding carboxylic acids is 2. The summed E-state index contributed by atoms with van der Waals surface area (Å²) >= 11 is 3.23. The van der Waals surface area contributed by atoms with Gasteiger partial charge < -0.3 is 4.74 Å². The van der Waals surface area contributed by atoms with E-state index >= 15 is 0 Å². The number of hydrogen-bond acceptors (Lipinski definition) is 4. The maximum absolute atomic E-state index is 12.0. The molecule has 0 unspecified atom stereocenters. The lowest BCUT2D eigenvalue weighted by atomic mass is 10.2. The number of ether oxygens (including phenoxy) is 1. The number of pyridine rings is 1. The van der Waals surface area contributed by atoms with Crippen molar-refractivity contribution in [1.29, 1.82) is 0 Å². The van der Waals surface area contributed by atoms with Crippen LogP contribution in [0.1, 0.15) is 20.7 Å². The summed E-state index contributed by atoms with van der Waals surface area (Å²) in [7, 11) is 0. The van der Waals surface area contributed by atoms with Crippen LogP contribution in [-0.4, -0.2) is 29.6 Å². The van der Waals surface area contributed by atoms with Crippen LogP contribution in [0.25, 0.3) is 0 Å². The minimum atomic E-state index is -4.48. The van der Waals surface area contributed by atoms with Gasteiger partial charge in [0.15, 0.2) is 6.61 Å². The van der Waals surface area contributed by atoms with Gasteiger partial charge in [-0.05, 0) is 30.3 Å². The van der Waals surface area contributed by atoms with Gasteiger partial charge in [-0.3, -0.25) is 20.4 Å². The van der Waals surface area contributed by atoms with Crippen molar-refractivity contribution in [1.82, 2.24) is 15.8 Å². The first-order valence-corrected chi connectivity index (χ1v) is 7.56. The zero-order valence-electron chi connectivity index (χ0n) is 12.4. The van der Waals surface area contributed by atoms with Crippen molar-refractivity contribution in [2.45, 2.75) is 6.18 Å². The van der Waals surface area contributed by atoms with Crippen LogP contribution in [0, 0.1) is 0 Å². The molecule has 0 saturated carbocycles. The predicted octanol–water partition coefficient (Wildman–Crippen LogP) is 2.86. The first kappa shape index (κ1) is 18.7. The number of nitrogens with zero attached hydrogens (tertiary/aromatic N) is 1. The molecule has 0 fully saturated rings. The Morgan fingerprint density at radius 1 is 1.00 bits per heavy atom. The Labute approximate surface area is 148 Å². The highest BCUT2D eigenvalue weighted by atomic mass is 79.9. The number of hydrogen-bond donors (Lipinski definition) is 2. The first-order chi connectivity index (χ1) is 11.7. The highest BCUT2D eigenvalue weighted by molar-refractivity contribution is 9.10. The Morgan fingerprint density at radius 2 is 1.56 bits per heavy atom. The molecule has 2 aromatic rings. The molecule has 0 aliphatic heterocycles. The molecule has 0 atom stereocenters. The molecule has 2 rings (SSSR count). The second-order valence-corrected chi connectivity index (χ2v) is 5.62. The molecule has 1 aromatic heterocycles. The Balaban J connectivity index is 1.88. The van der Waals surface area contributed by atoms with E-state index in [0.717, 1.165) is 16.7 Å². The Hall–Kier alpha value is -2.62. The van der Waals surface area contributed by atoms with Crippen LogP contribution in [0.15, 0.2) is 47.1 Å². The molecule has 0 saturated heterocycles. The lowest BCUT2D eigenvalue weighted by Crippen LogP contribution is -2.41. The van der Waals surface area contributed by atoms with Gasteiger partial charge in [0.1, 0.15) is 0 Å². The van der Waals surface area contributed by atoms with E-state index in [1.54, 1.807) is 24.3 Å². The molecule has 1 aromatic carbocycles. The monoisotopic (exact) mass is 417 g/mol. The SMILES string of the molecule is O=C(NNC(=O)c1ccc(OCC(F)(F)F)nc1)c1ccc(Br)cc1. The average molecular weight is 418 g/mol. The maximum Gasteiger partial charge on any atom is 0.422 e. The van der Waals surface area contributed by atoms with Gasteiger partial charge >= 0.3 is 6.18 Å². The van der Waals surface area contributed by atoms with Gasteiger partial charge in [0.2, 0.25) is 5.88 Å². The number of nitrogens with one attached hydrogen (secondary N) is 2. The molecule has 2 amide bonds. The molecule has 0 aliphatic carbocycles. The van der Waals surface area contributed by atoms with E-state index < -0.39 is 24.6 Å². The zero-order valence-corrected chi connectivity index (χ0v) is 14.0. The van der Waals surface area contributed by atoms with E-state index in [1.807, 2.05) is 0 Å². The molecule has 25 heavy (non-hydrogen) atoms. The zero-order chi connectivity index (χ0) is 18.4. The average Bonchev–Trinajstić information content (AvgIpc) is 2.58. The summed E-state index contributed by atoms with van der Waals surface area (Å²) in [5.41, 5.74) is 4.76. The van der Waals surface area contributed by atoms with Gasteiger partial charge in [0, 0.05) is 22.3 Å². The molecule has 132 valence electrons. The molecule has 2 N–H and O–H groups in total. The second-order valence-electron chi connectivity index (χ2n) is 4.70. The quantitative estimate of drug-likeness (QED) is 0.749. The van der Waals surface area contributed by atoms with E-state index in [2.05, 4.69) is 36.5 Å². The number of aromatic nitrogens is 1. The standard InChI is InChI=1S/C15H11BrF3N3O3/c16-11-4-1-9(2-5-11)13(23)21-22-14(24)10-3-6-12(20-7-10)25-8-15(17,18)19/h1-7H,8H2,(H,21,23)(H,22,24). The fourth-order valence-corrected chi connectivity index (χ4v) is 1.88. The minimum absolute atomic E-state index is 0.0375.